The molecular weight excluding hydrogens is 430 g/mol. The first-order chi connectivity index (χ1) is 14.1. The van der Waals surface area contributed by atoms with Gasteiger partial charge in [-0.2, -0.15) is 0 Å². The SMILES string of the molecule is COC(=O)C[C@@]1(c2ccccc2)C(=O)N(Cc2ccccc2)c2cc(Br)ccc21. The van der Waals surface area contributed by atoms with Crippen LogP contribution < -0.4 is 4.90 Å². The summed E-state index contributed by atoms with van der Waals surface area (Å²) in [5.74, 6) is -0.538. The summed E-state index contributed by atoms with van der Waals surface area (Å²) in [5, 5.41) is 0. The molecule has 3 aromatic carbocycles. The van der Waals surface area contributed by atoms with Gasteiger partial charge in [-0.1, -0.05) is 82.7 Å². The van der Waals surface area contributed by atoms with Crippen LogP contribution in [0.5, 0.6) is 0 Å². The molecule has 0 fully saturated rings. The zero-order chi connectivity index (χ0) is 20.4. The Morgan fingerprint density at radius 1 is 1.00 bits per heavy atom. The number of fused-ring (bicyclic) bond motifs is 1. The normalized spacial score (nSPS) is 17.9. The van der Waals surface area contributed by atoms with Crippen molar-refractivity contribution in [3.8, 4) is 0 Å². The minimum atomic E-state index is -1.11. The van der Waals surface area contributed by atoms with Crippen LogP contribution in [-0.4, -0.2) is 19.0 Å². The van der Waals surface area contributed by atoms with E-state index >= 15 is 0 Å². The summed E-state index contributed by atoms with van der Waals surface area (Å²) in [6.45, 7) is 0.429. The van der Waals surface area contributed by atoms with E-state index in [1.807, 2.05) is 78.9 Å². The van der Waals surface area contributed by atoms with Gasteiger partial charge < -0.3 is 9.64 Å². The lowest BCUT2D eigenvalue weighted by Gasteiger charge is -2.28. The fraction of sp³-hybridized carbons (Fsp3) is 0.167. The lowest BCUT2D eigenvalue weighted by molar-refractivity contribution is -0.143. The molecular formula is C24H20BrNO3. The van der Waals surface area contributed by atoms with E-state index in [2.05, 4.69) is 15.9 Å². The molecule has 1 aliphatic heterocycles. The van der Waals surface area contributed by atoms with Gasteiger partial charge in [0.05, 0.1) is 20.1 Å². The van der Waals surface area contributed by atoms with Gasteiger partial charge in [-0.05, 0) is 28.8 Å². The van der Waals surface area contributed by atoms with Gasteiger partial charge in [0.15, 0.2) is 0 Å². The van der Waals surface area contributed by atoms with Crippen LogP contribution in [0.25, 0.3) is 0 Å². The van der Waals surface area contributed by atoms with Crippen LogP contribution in [0.3, 0.4) is 0 Å². The standard InChI is InChI=1S/C24H20BrNO3/c1-29-22(27)15-24(18-10-6-3-7-11-18)20-13-12-19(25)14-21(20)26(23(24)28)16-17-8-4-2-5-9-17/h2-14H,15-16H2,1H3/t24-/m0/s1. The van der Waals surface area contributed by atoms with E-state index < -0.39 is 11.4 Å². The van der Waals surface area contributed by atoms with Crippen molar-refractivity contribution in [2.45, 2.75) is 18.4 Å². The molecule has 5 heteroatoms. The number of nitrogens with zero attached hydrogens (tertiary/aromatic N) is 1. The quantitative estimate of drug-likeness (QED) is 0.523. The number of ether oxygens (including phenoxy) is 1. The van der Waals surface area contributed by atoms with E-state index in [9.17, 15) is 9.59 Å². The Bertz CT molecular complexity index is 1050. The first-order valence-electron chi connectivity index (χ1n) is 9.34. The molecule has 0 aromatic heterocycles. The van der Waals surface area contributed by atoms with E-state index in [4.69, 9.17) is 4.74 Å². The summed E-state index contributed by atoms with van der Waals surface area (Å²) in [4.78, 5) is 28.2. The number of carbonyl (C=O) groups excluding carboxylic acids is 2. The molecule has 0 bridgehead atoms. The number of anilines is 1. The number of hydrogen-bond donors (Lipinski definition) is 0. The summed E-state index contributed by atoms with van der Waals surface area (Å²) in [5.41, 5.74) is 2.32. The number of halogens is 1. The highest BCUT2D eigenvalue weighted by molar-refractivity contribution is 9.10. The molecule has 4 rings (SSSR count). The third kappa shape index (κ3) is 3.36. The fourth-order valence-electron chi connectivity index (χ4n) is 4.03. The summed E-state index contributed by atoms with van der Waals surface area (Å²) >= 11 is 3.53. The Balaban J connectivity index is 1.91. The maximum atomic E-state index is 14.0. The number of hydrogen-bond acceptors (Lipinski definition) is 3. The molecule has 1 atom stereocenters. The second kappa shape index (κ2) is 7.84. The van der Waals surface area contributed by atoms with Crippen LogP contribution >= 0.6 is 15.9 Å². The van der Waals surface area contributed by atoms with E-state index in [0.717, 1.165) is 26.9 Å². The predicted octanol–water partition coefficient (Wildman–Crippen LogP) is 4.85. The molecule has 1 heterocycles. The van der Waals surface area contributed by atoms with E-state index in [0.29, 0.717) is 6.54 Å². The Labute approximate surface area is 178 Å². The molecule has 0 aliphatic carbocycles. The molecule has 29 heavy (non-hydrogen) atoms. The van der Waals surface area contributed by atoms with Crippen LogP contribution in [0.1, 0.15) is 23.1 Å². The molecule has 0 saturated carbocycles. The Morgan fingerprint density at radius 2 is 1.66 bits per heavy atom. The van der Waals surface area contributed by atoms with Crippen LogP contribution in [0, 0.1) is 0 Å². The van der Waals surface area contributed by atoms with Crippen molar-refractivity contribution in [1.82, 2.24) is 0 Å². The lowest BCUT2D eigenvalue weighted by atomic mass is 9.73. The molecule has 0 spiro atoms. The average molecular weight is 450 g/mol. The van der Waals surface area contributed by atoms with Crippen molar-refractivity contribution in [3.05, 3.63) is 100 Å². The van der Waals surface area contributed by atoms with Gasteiger partial charge in [0, 0.05) is 10.2 Å². The topological polar surface area (TPSA) is 46.6 Å². The molecule has 146 valence electrons. The molecule has 3 aromatic rings. The van der Waals surface area contributed by atoms with E-state index in [-0.39, 0.29) is 12.3 Å². The van der Waals surface area contributed by atoms with Crippen molar-refractivity contribution in [2.24, 2.45) is 0 Å². The zero-order valence-electron chi connectivity index (χ0n) is 16.0. The summed E-state index contributed by atoms with van der Waals surface area (Å²) in [6, 6.07) is 25.1. The van der Waals surface area contributed by atoms with Gasteiger partial charge >= 0.3 is 5.97 Å². The first-order valence-corrected chi connectivity index (χ1v) is 10.1. The Kier molecular flexibility index (Phi) is 5.24. The maximum absolute atomic E-state index is 14.0. The minimum Gasteiger partial charge on any atom is -0.469 e. The minimum absolute atomic E-state index is 0.0493. The molecule has 1 amide bonds. The van der Waals surface area contributed by atoms with Crippen LogP contribution in [0.15, 0.2) is 83.3 Å². The molecule has 0 N–H and O–H groups in total. The number of rotatable bonds is 5. The molecule has 1 aliphatic rings. The first kappa shape index (κ1) is 19.4. The molecule has 4 nitrogen and oxygen atoms in total. The second-order valence-corrected chi connectivity index (χ2v) is 7.98. The molecule has 0 saturated heterocycles. The third-order valence-electron chi connectivity index (χ3n) is 5.41. The van der Waals surface area contributed by atoms with Crippen LogP contribution in [0.2, 0.25) is 0 Å². The van der Waals surface area contributed by atoms with Crippen LogP contribution in [0.4, 0.5) is 5.69 Å². The monoisotopic (exact) mass is 449 g/mol. The summed E-state index contributed by atoms with van der Waals surface area (Å²) in [6.07, 6.45) is -0.0493. The predicted molar refractivity (Wildman–Crippen MR) is 116 cm³/mol. The van der Waals surface area contributed by atoms with Crippen molar-refractivity contribution in [1.29, 1.82) is 0 Å². The molecule has 0 unspecified atom stereocenters. The molecule has 0 radical (unpaired) electrons. The lowest BCUT2D eigenvalue weighted by Crippen LogP contribution is -2.42. The van der Waals surface area contributed by atoms with Gasteiger partial charge in [0.2, 0.25) is 5.91 Å². The van der Waals surface area contributed by atoms with Gasteiger partial charge in [-0.3, -0.25) is 9.59 Å². The maximum Gasteiger partial charge on any atom is 0.307 e. The Morgan fingerprint density at radius 3 is 2.31 bits per heavy atom. The van der Waals surface area contributed by atoms with Crippen molar-refractivity contribution >= 4 is 33.5 Å². The average Bonchev–Trinajstić information content (AvgIpc) is 2.97. The van der Waals surface area contributed by atoms with E-state index in [1.165, 1.54) is 7.11 Å². The fourth-order valence-corrected chi connectivity index (χ4v) is 4.38. The van der Waals surface area contributed by atoms with Crippen LogP contribution in [-0.2, 0) is 26.3 Å². The highest BCUT2D eigenvalue weighted by Crippen LogP contribution is 2.49. The van der Waals surface area contributed by atoms with Gasteiger partial charge in [0.1, 0.15) is 5.41 Å². The third-order valence-corrected chi connectivity index (χ3v) is 5.90. The number of methoxy groups -OCH3 is 1. The van der Waals surface area contributed by atoms with Gasteiger partial charge in [-0.25, -0.2) is 0 Å². The number of carbonyl (C=O) groups is 2. The van der Waals surface area contributed by atoms with Crippen molar-refractivity contribution in [2.75, 3.05) is 12.0 Å². The van der Waals surface area contributed by atoms with Gasteiger partial charge in [0.25, 0.3) is 0 Å². The van der Waals surface area contributed by atoms with E-state index in [1.54, 1.807) is 4.90 Å². The second-order valence-electron chi connectivity index (χ2n) is 7.06. The van der Waals surface area contributed by atoms with Crippen molar-refractivity contribution < 1.29 is 14.3 Å². The van der Waals surface area contributed by atoms with Crippen molar-refractivity contribution in [3.63, 3.8) is 0 Å². The zero-order valence-corrected chi connectivity index (χ0v) is 17.6. The highest BCUT2D eigenvalue weighted by Gasteiger charge is 2.53. The smallest absolute Gasteiger partial charge is 0.307 e. The highest BCUT2D eigenvalue weighted by atomic mass is 79.9. The number of benzene rings is 3. The summed E-state index contributed by atoms with van der Waals surface area (Å²) < 4.78 is 5.86. The number of esters is 1. The largest absolute Gasteiger partial charge is 0.469 e. The Hall–Kier alpha value is -2.92. The number of amides is 1. The summed E-state index contributed by atoms with van der Waals surface area (Å²) in [7, 11) is 1.35. The van der Waals surface area contributed by atoms with Gasteiger partial charge in [-0.15, -0.1) is 0 Å².